The van der Waals surface area contributed by atoms with Crippen LogP contribution in [0.1, 0.15) is 42.4 Å². The number of nitrogens with zero attached hydrogens (tertiary/aromatic N) is 2. The summed E-state index contributed by atoms with van der Waals surface area (Å²) in [4.78, 5) is 10.9. The minimum absolute atomic E-state index is 0.107. The maximum Gasteiger partial charge on any atom is 0.155 e. The van der Waals surface area contributed by atoms with Crippen molar-refractivity contribution in [2.75, 3.05) is 0 Å². The predicted molar refractivity (Wildman–Crippen MR) is 77.4 cm³/mol. The first-order valence-corrected chi connectivity index (χ1v) is 6.53. The summed E-state index contributed by atoms with van der Waals surface area (Å²) >= 11 is 6.16. The van der Waals surface area contributed by atoms with Gasteiger partial charge >= 0.3 is 0 Å². The summed E-state index contributed by atoms with van der Waals surface area (Å²) in [6.45, 7) is 8.27. The first kappa shape index (κ1) is 13.8. The number of hydrogen-bond acceptors (Lipinski definition) is 2. The zero-order valence-corrected chi connectivity index (χ0v) is 12.3. The molecule has 1 aromatic heterocycles. The molecule has 0 saturated carbocycles. The summed E-state index contributed by atoms with van der Waals surface area (Å²) in [6, 6.07) is 8.05. The summed E-state index contributed by atoms with van der Waals surface area (Å²) in [5.74, 6) is 0. The molecular weight excluding hydrogens is 260 g/mol. The smallest absolute Gasteiger partial charge is 0.155 e. The molecule has 1 aromatic carbocycles. The molecule has 0 fully saturated rings. The highest BCUT2D eigenvalue weighted by molar-refractivity contribution is 6.32. The Morgan fingerprint density at radius 3 is 2.21 bits per heavy atom. The van der Waals surface area contributed by atoms with Crippen molar-refractivity contribution in [2.24, 2.45) is 0 Å². The number of hydrogen-bond donors (Lipinski definition) is 0. The molecule has 2 aromatic rings. The Bertz CT molecular complexity index is 606. The molecule has 0 amide bonds. The van der Waals surface area contributed by atoms with Crippen molar-refractivity contribution in [1.82, 2.24) is 9.78 Å². The van der Waals surface area contributed by atoms with Crippen molar-refractivity contribution in [1.29, 1.82) is 0 Å². The number of aldehydes is 1. The van der Waals surface area contributed by atoms with Gasteiger partial charge in [-0.3, -0.25) is 4.79 Å². The third-order valence-electron chi connectivity index (χ3n) is 3.14. The van der Waals surface area contributed by atoms with Crippen LogP contribution in [0.2, 0.25) is 5.15 Å². The van der Waals surface area contributed by atoms with E-state index in [-0.39, 0.29) is 5.41 Å². The molecule has 0 spiro atoms. The quantitative estimate of drug-likeness (QED) is 0.779. The Kier molecular flexibility index (Phi) is 3.50. The molecular formula is C15H17ClN2O. The lowest BCUT2D eigenvalue weighted by atomic mass is 9.87. The molecule has 0 saturated heterocycles. The largest absolute Gasteiger partial charge is 0.298 e. The Balaban J connectivity index is 2.46. The summed E-state index contributed by atoms with van der Waals surface area (Å²) in [7, 11) is 0. The number of carbonyl (C=O) groups excluding carboxylic acids is 1. The van der Waals surface area contributed by atoms with Crippen LogP contribution in [0.3, 0.4) is 0 Å². The van der Waals surface area contributed by atoms with E-state index in [1.54, 1.807) is 11.6 Å². The highest BCUT2D eigenvalue weighted by Gasteiger charge is 2.16. The second-order valence-electron chi connectivity index (χ2n) is 5.62. The van der Waals surface area contributed by atoms with Gasteiger partial charge in [0.2, 0.25) is 0 Å². The molecule has 100 valence electrons. The third kappa shape index (κ3) is 2.56. The van der Waals surface area contributed by atoms with Gasteiger partial charge < -0.3 is 0 Å². The normalized spacial score (nSPS) is 11.6. The Morgan fingerprint density at radius 2 is 1.79 bits per heavy atom. The molecule has 0 aliphatic rings. The Hall–Kier alpha value is -1.61. The predicted octanol–water partition coefficient (Wildman–Crippen LogP) is 3.94. The van der Waals surface area contributed by atoms with Crippen LogP contribution in [-0.4, -0.2) is 16.1 Å². The summed E-state index contributed by atoms with van der Waals surface area (Å²) in [6.07, 6.45) is 0.741. The van der Waals surface area contributed by atoms with Crippen LogP contribution in [0.15, 0.2) is 24.3 Å². The summed E-state index contributed by atoms with van der Waals surface area (Å²) in [5, 5.41) is 4.65. The molecule has 0 bridgehead atoms. The van der Waals surface area contributed by atoms with Crippen LogP contribution in [0, 0.1) is 6.92 Å². The van der Waals surface area contributed by atoms with Crippen molar-refractivity contribution in [2.45, 2.75) is 33.1 Å². The average Bonchev–Trinajstić information content (AvgIpc) is 2.63. The van der Waals surface area contributed by atoms with E-state index in [4.69, 9.17) is 11.6 Å². The van der Waals surface area contributed by atoms with E-state index in [9.17, 15) is 4.79 Å². The van der Waals surface area contributed by atoms with E-state index < -0.39 is 0 Å². The molecule has 19 heavy (non-hydrogen) atoms. The summed E-state index contributed by atoms with van der Waals surface area (Å²) in [5.41, 5.74) is 3.29. The Labute approximate surface area is 118 Å². The minimum Gasteiger partial charge on any atom is -0.298 e. The van der Waals surface area contributed by atoms with E-state index in [0.29, 0.717) is 16.4 Å². The van der Waals surface area contributed by atoms with Gasteiger partial charge in [-0.15, -0.1) is 0 Å². The topological polar surface area (TPSA) is 34.9 Å². The molecule has 3 nitrogen and oxygen atoms in total. The van der Waals surface area contributed by atoms with Crippen LogP contribution < -0.4 is 0 Å². The monoisotopic (exact) mass is 276 g/mol. The maximum atomic E-state index is 10.9. The van der Waals surface area contributed by atoms with Crippen molar-refractivity contribution < 1.29 is 4.79 Å². The van der Waals surface area contributed by atoms with Gasteiger partial charge in [-0.1, -0.05) is 44.5 Å². The van der Waals surface area contributed by atoms with Gasteiger partial charge in [-0.25, -0.2) is 4.68 Å². The first-order valence-electron chi connectivity index (χ1n) is 6.16. The fourth-order valence-electron chi connectivity index (χ4n) is 1.92. The molecule has 4 heteroatoms. The van der Waals surface area contributed by atoms with Crippen LogP contribution in [0.4, 0.5) is 0 Å². The van der Waals surface area contributed by atoms with Crippen molar-refractivity contribution >= 4 is 17.9 Å². The molecule has 0 unspecified atom stereocenters. The number of aromatic nitrogens is 2. The zero-order valence-electron chi connectivity index (χ0n) is 11.6. The number of aryl methyl sites for hydroxylation is 1. The fourth-order valence-corrected chi connectivity index (χ4v) is 2.24. The van der Waals surface area contributed by atoms with Gasteiger partial charge in [0.1, 0.15) is 5.15 Å². The van der Waals surface area contributed by atoms with Crippen LogP contribution in [0.25, 0.3) is 5.69 Å². The van der Waals surface area contributed by atoms with E-state index in [1.807, 2.05) is 12.1 Å². The highest BCUT2D eigenvalue weighted by Crippen LogP contribution is 2.25. The van der Waals surface area contributed by atoms with Crippen LogP contribution in [0.5, 0.6) is 0 Å². The first-order chi connectivity index (χ1) is 8.84. The molecule has 0 radical (unpaired) electrons. The SMILES string of the molecule is Cc1nn(-c2ccc(C(C)(C)C)cc2)c(Cl)c1C=O. The summed E-state index contributed by atoms with van der Waals surface area (Å²) < 4.78 is 1.59. The lowest BCUT2D eigenvalue weighted by Gasteiger charge is -2.19. The van der Waals surface area contributed by atoms with E-state index in [1.165, 1.54) is 5.56 Å². The van der Waals surface area contributed by atoms with Gasteiger partial charge in [0.15, 0.2) is 6.29 Å². The fraction of sp³-hybridized carbons (Fsp3) is 0.333. The lowest BCUT2D eigenvalue weighted by molar-refractivity contribution is 0.112. The van der Waals surface area contributed by atoms with Gasteiger partial charge in [-0.05, 0) is 30.0 Å². The third-order valence-corrected chi connectivity index (χ3v) is 3.51. The molecule has 2 rings (SSSR count). The van der Waals surface area contributed by atoms with Crippen molar-refractivity contribution in [3.63, 3.8) is 0 Å². The van der Waals surface area contributed by atoms with Gasteiger partial charge in [0, 0.05) is 0 Å². The zero-order chi connectivity index (χ0) is 14.2. The average molecular weight is 277 g/mol. The maximum absolute atomic E-state index is 10.9. The number of rotatable bonds is 2. The molecule has 0 aliphatic carbocycles. The number of carbonyl (C=O) groups is 1. The molecule has 0 N–H and O–H groups in total. The van der Waals surface area contributed by atoms with E-state index in [2.05, 4.69) is 38.0 Å². The van der Waals surface area contributed by atoms with E-state index >= 15 is 0 Å². The second-order valence-corrected chi connectivity index (χ2v) is 5.97. The highest BCUT2D eigenvalue weighted by atomic mass is 35.5. The van der Waals surface area contributed by atoms with Crippen molar-refractivity contribution in [3.05, 3.63) is 46.2 Å². The molecule has 0 atom stereocenters. The van der Waals surface area contributed by atoms with Gasteiger partial charge in [0.25, 0.3) is 0 Å². The van der Waals surface area contributed by atoms with Gasteiger partial charge in [0.05, 0.1) is 16.9 Å². The standard InChI is InChI=1S/C15H17ClN2O/c1-10-13(9-19)14(16)18(17-10)12-7-5-11(6-8-12)15(2,3)4/h5-9H,1-4H3. The van der Waals surface area contributed by atoms with E-state index in [0.717, 1.165) is 12.0 Å². The minimum atomic E-state index is 0.107. The molecule has 1 heterocycles. The molecule has 0 aliphatic heterocycles. The second kappa shape index (κ2) is 4.82. The lowest BCUT2D eigenvalue weighted by Crippen LogP contribution is -2.11. The number of halogens is 1. The van der Waals surface area contributed by atoms with Gasteiger partial charge in [-0.2, -0.15) is 5.10 Å². The number of benzene rings is 1. The van der Waals surface area contributed by atoms with Crippen LogP contribution >= 0.6 is 11.6 Å². The Morgan fingerprint density at radius 1 is 1.21 bits per heavy atom. The van der Waals surface area contributed by atoms with Crippen LogP contribution in [-0.2, 0) is 5.41 Å². The van der Waals surface area contributed by atoms with Crippen molar-refractivity contribution in [3.8, 4) is 5.69 Å².